The highest BCUT2D eigenvalue weighted by Gasteiger charge is 2.22. The molecule has 2 heterocycles. The van der Waals surface area contributed by atoms with Crippen molar-refractivity contribution in [3.8, 4) is 0 Å². The number of carbonyl (C=O) groups excluding carboxylic acids is 1. The third-order valence-corrected chi connectivity index (χ3v) is 3.60. The van der Waals surface area contributed by atoms with Crippen molar-refractivity contribution >= 4 is 17.5 Å². The molecule has 6 nitrogen and oxygen atoms in total. The molecule has 0 atom stereocenters. The van der Waals surface area contributed by atoms with E-state index in [1.54, 1.807) is 6.92 Å². The first kappa shape index (κ1) is 14.6. The minimum absolute atomic E-state index is 0.147. The fourth-order valence-electron chi connectivity index (χ4n) is 2.49. The van der Waals surface area contributed by atoms with Gasteiger partial charge in [0.15, 0.2) is 0 Å². The van der Waals surface area contributed by atoms with Gasteiger partial charge in [-0.05, 0) is 20.8 Å². The molecule has 1 fully saturated rings. The summed E-state index contributed by atoms with van der Waals surface area (Å²) in [5, 5.41) is 3.28. The summed E-state index contributed by atoms with van der Waals surface area (Å²) in [5.74, 6) is 2.81. The fourth-order valence-corrected chi connectivity index (χ4v) is 2.49. The van der Waals surface area contributed by atoms with Crippen LogP contribution in [0.3, 0.4) is 0 Å². The van der Waals surface area contributed by atoms with E-state index in [-0.39, 0.29) is 5.91 Å². The molecule has 2 rings (SSSR count). The van der Waals surface area contributed by atoms with Crippen molar-refractivity contribution in [3.05, 3.63) is 11.4 Å². The Labute approximate surface area is 120 Å². The van der Waals surface area contributed by atoms with Crippen LogP contribution in [0.1, 0.15) is 25.2 Å². The van der Waals surface area contributed by atoms with E-state index in [2.05, 4.69) is 27.1 Å². The zero-order chi connectivity index (χ0) is 14.7. The number of aryl methyl sites for hydroxylation is 1. The summed E-state index contributed by atoms with van der Waals surface area (Å²) in [4.78, 5) is 24.5. The largest absolute Gasteiger partial charge is 0.370 e. The summed E-state index contributed by atoms with van der Waals surface area (Å²) in [6.45, 7) is 11.6. The minimum Gasteiger partial charge on any atom is -0.370 e. The number of hydrogen-bond donors (Lipinski definition) is 1. The van der Waals surface area contributed by atoms with Crippen LogP contribution in [0.2, 0.25) is 0 Å². The molecule has 0 aliphatic carbocycles. The molecule has 0 bridgehead atoms. The Kier molecular flexibility index (Phi) is 4.42. The third kappa shape index (κ3) is 3.00. The number of rotatable bonds is 3. The smallest absolute Gasteiger partial charge is 0.219 e. The van der Waals surface area contributed by atoms with E-state index in [0.717, 1.165) is 55.7 Å². The van der Waals surface area contributed by atoms with Gasteiger partial charge in [0.1, 0.15) is 17.5 Å². The zero-order valence-electron chi connectivity index (χ0n) is 12.7. The molecule has 0 unspecified atom stereocenters. The number of amides is 1. The van der Waals surface area contributed by atoms with Crippen LogP contribution in [-0.4, -0.2) is 53.5 Å². The summed E-state index contributed by atoms with van der Waals surface area (Å²) in [5.41, 5.74) is 1.08. The number of carbonyl (C=O) groups is 1. The molecule has 1 aliphatic rings. The lowest BCUT2D eigenvalue weighted by atomic mass is 10.2. The van der Waals surface area contributed by atoms with Crippen LogP contribution in [0.25, 0.3) is 0 Å². The van der Waals surface area contributed by atoms with Gasteiger partial charge in [-0.15, -0.1) is 0 Å². The summed E-state index contributed by atoms with van der Waals surface area (Å²) < 4.78 is 0. The molecule has 20 heavy (non-hydrogen) atoms. The van der Waals surface area contributed by atoms with Crippen LogP contribution < -0.4 is 10.2 Å². The molecule has 1 aromatic heterocycles. The van der Waals surface area contributed by atoms with Crippen molar-refractivity contribution in [3.63, 3.8) is 0 Å². The monoisotopic (exact) mass is 277 g/mol. The second-order valence-electron chi connectivity index (χ2n) is 5.09. The van der Waals surface area contributed by atoms with Gasteiger partial charge < -0.3 is 15.1 Å². The normalized spacial score (nSPS) is 15.4. The number of piperazine rings is 1. The summed E-state index contributed by atoms with van der Waals surface area (Å²) in [6.07, 6.45) is 0. The van der Waals surface area contributed by atoms with Gasteiger partial charge in [0, 0.05) is 45.2 Å². The van der Waals surface area contributed by atoms with E-state index >= 15 is 0 Å². The van der Waals surface area contributed by atoms with Gasteiger partial charge in [-0.2, -0.15) is 0 Å². The number of hydrogen-bond acceptors (Lipinski definition) is 5. The minimum atomic E-state index is 0.147. The van der Waals surface area contributed by atoms with Crippen LogP contribution >= 0.6 is 0 Å². The van der Waals surface area contributed by atoms with E-state index in [0.29, 0.717) is 0 Å². The van der Waals surface area contributed by atoms with Gasteiger partial charge in [0.05, 0.1) is 0 Å². The first-order valence-electron chi connectivity index (χ1n) is 7.12. The number of nitrogens with one attached hydrogen (secondary N) is 1. The van der Waals surface area contributed by atoms with Crippen LogP contribution in [0.5, 0.6) is 0 Å². The maximum Gasteiger partial charge on any atom is 0.219 e. The Morgan fingerprint density at radius 1 is 1.20 bits per heavy atom. The Morgan fingerprint density at radius 3 is 2.40 bits per heavy atom. The summed E-state index contributed by atoms with van der Waals surface area (Å²) in [6, 6.07) is 0. The van der Waals surface area contributed by atoms with Gasteiger partial charge >= 0.3 is 0 Å². The SMILES string of the molecule is CCNc1nc(C)nc(N2CCN(C(C)=O)CC2)c1C. The molecule has 1 aliphatic heterocycles. The van der Waals surface area contributed by atoms with E-state index in [9.17, 15) is 4.79 Å². The van der Waals surface area contributed by atoms with E-state index in [1.807, 2.05) is 18.7 Å². The first-order valence-corrected chi connectivity index (χ1v) is 7.12. The molecule has 0 spiro atoms. The highest BCUT2D eigenvalue weighted by Crippen LogP contribution is 2.24. The quantitative estimate of drug-likeness (QED) is 0.899. The number of anilines is 2. The second-order valence-corrected chi connectivity index (χ2v) is 5.09. The van der Waals surface area contributed by atoms with Gasteiger partial charge in [0.2, 0.25) is 5.91 Å². The van der Waals surface area contributed by atoms with E-state index < -0.39 is 0 Å². The highest BCUT2D eigenvalue weighted by atomic mass is 16.2. The zero-order valence-corrected chi connectivity index (χ0v) is 12.7. The molecular weight excluding hydrogens is 254 g/mol. The van der Waals surface area contributed by atoms with Crippen LogP contribution in [-0.2, 0) is 4.79 Å². The predicted molar refractivity (Wildman–Crippen MR) is 80.1 cm³/mol. The number of aromatic nitrogens is 2. The fraction of sp³-hybridized carbons (Fsp3) is 0.643. The Balaban J connectivity index is 2.19. The van der Waals surface area contributed by atoms with E-state index in [1.165, 1.54) is 0 Å². The van der Waals surface area contributed by atoms with Crippen LogP contribution in [0, 0.1) is 13.8 Å². The summed E-state index contributed by atoms with van der Waals surface area (Å²) >= 11 is 0. The maximum absolute atomic E-state index is 11.4. The van der Waals surface area contributed by atoms with Crippen molar-refractivity contribution in [2.45, 2.75) is 27.7 Å². The van der Waals surface area contributed by atoms with Crippen molar-refractivity contribution in [2.75, 3.05) is 42.9 Å². The molecule has 0 aromatic carbocycles. The van der Waals surface area contributed by atoms with Crippen LogP contribution in [0.4, 0.5) is 11.6 Å². The molecule has 0 radical (unpaired) electrons. The Bertz CT molecular complexity index is 495. The van der Waals surface area contributed by atoms with Gasteiger partial charge in [0.25, 0.3) is 0 Å². The topological polar surface area (TPSA) is 61.4 Å². The molecular formula is C14H23N5O. The maximum atomic E-state index is 11.4. The van der Waals surface area contributed by atoms with Crippen molar-refractivity contribution in [1.82, 2.24) is 14.9 Å². The van der Waals surface area contributed by atoms with Crippen LogP contribution in [0.15, 0.2) is 0 Å². The molecule has 110 valence electrons. The first-order chi connectivity index (χ1) is 9.52. The average Bonchev–Trinajstić information content (AvgIpc) is 2.43. The predicted octanol–water partition coefficient (Wildman–Crippen LogP) is 1.19. The lowest BCUT2D eigenvalue weighted by Gasteiger charge is -2.35. The van der Waals surface area contributed by atoms with Crippen molar-refractivity contribution in [1.29, 1.82) is 0 Å². The lowest BCUT2D eigenvalue weighted by Crippen LogP contribution is -2.48. The lowest BCUT2D eigenvalue weighted by molar-refractivity contribution is -0.129. The van der Waals surface area contributed by atoms with Crippen molar-refractivity contribution in [2.24, 2.45) is 0 Å². The Hall–Kier alpha value is -1.85. The van der Waals surface area contributed by atoms with Gasteiger partial charge in [-0.1, -0.05) is 0 Å². The van der Waals surface area contributed by atoms with Crippen molar-refractivity contribution < 1.29 is 4.79 Å². The van der Waals surface area contributed by atoms with Gasteiger partial charge in [-0.25, -0.2) is 9.97 Å². The number of nitrogens with zero attached hydrogens (tertiary/aromatic N) is 4. The molecule has 0 saturated carbocycles. The highest BCUT2D eigenvalue weighted by molar-refractivity contribution is 5.73. The molecule has 1 aromatic rings. The molecule has 6 heteroatoms. The third-order valence-electron chi connectivity index (χ3n) is 3.60. The van der Waals surface area contributed by atoms with Gasteiger partial charge in [-0.3, -0.25) is 4.79 Å². The summed E-state index contributed by atoms with van der Waals surface area (Å²) in [7, 11) is 0. The standard InChI is InChI=1S/C14H23N5O/c1-5-15-13-10(2)14(17-11(3)16-13)19-8-6-18(7-9-19)12(4)20/h5-9H2,1-4H3,(H,15,16,17). The molecule has 1 N–H and O–H groups in total. The van der Waals surface area contributed by atoms with E-state index in [4.69, 9.17) is 0 Å². The second kappa shape index (κ2) is 6.07. The molecule has 1 saturated heterocycles. The molecule has 1 amide bonds. The Morgan fingerprint density at radius 2 is 1.85 bits per heavy atom. The average molecular weight is 277 g/mol.